The zero-order chi connectivity index (χ0) is 17.1. The summed E-state index contributed by atoms with van der Waals surface area (Å²) in [6.07, 6.45) is 0. The highest BCUT2D eigenvalue weighted by molar-refractivity contribution is 5.82. The third-order valence-electron chi connectivity index (χ3n) is 3.64. The summed E-state index contributed by atoms with van der Waals surface area (Å²) in [5.41, 5.74) is 8.65. The van der Waals surface area contributed by atoms with Gasteiger partial charge in [-0.15, -0.1) is 0 Å². The lowest BCUT2D eigenvalue weighted by molar-refractivity contribution is 0.777. The number of nitrogens with two attached hydrogens (primary N) is 1. The van der Waals surface area contributed by atoms with E-state index in [1.165, 1.54) is 0 Å². The number of aliphatic imine (C=N–C) groups is 1. The molecule has 8 nitrogen and oxygen atoms in total. The standard InChI is InChI=1S/C16H19N7O/c1-3-19-15-21-13(17)12-14(22-15)23(16(24)20-12)9-11-6-4-10(5-7-11)8-18-2/h4-7H,2-3,8-9H2,1H3,(H,20,24)(H3,17,19,21,22). The summed E-state index contributed by atoms with van der Waals surface area (Å²) >= 11 is 0. The number of rotatable bonds is 6. The van der Waals surface area contributed by atoms with Crippen molar-refractivity contribution in [3.8, 4) is 0 Å². The predicted octanol–water partition coefficient (Wildman–Crippen LogP) is 1.38. The lowest BCUT2D eigenvalue weighted by atomic mass is 10.1. The molecule has 8 heteroatoms. The van der Waals surface area contributed by atoms with Crippen LogP contribution >= 0.6 is 0 Å². The van der Waals surface area contributed by atoms with E-state index in [1.54, 1.807) is 4.57 Å². The molecule has 3 aromatic rings. The number of nitrogens with zero attached hydrogens (tertiary/aromatic N) is 4. The SMILES string of the molecule is C=NCc1ccc(Cn2c(=O)[nH]c3c(N)nc(NCC)nc32)cc1. The number of nitrogen functional groups attached to an aromatic ring is 1. The minimum absolute atomic E-state index is 0.249. The third-order valence-corrected chi connectivity index (χ3v) is 3.64. The Kier molecular flexibility index (Phi) is 4.28. The molecule has 0 saturated heterocycles. The Hall–Kier alpha value is -3.16. The first-order valence-electron chi connectivity index (χ1n) is 7.62. The van der Waals surface area contributed by atoms with Crippen molar-refractivity contribution in [2.24, 2.45) is 4.99 Å². The van der Waals surface area contributed by atoms with E-state index in [1.807, 2.05) is 31.2 Å². The summed E-state index contributed by atoms with van der Waals surface area (Å²) in [5, 5.41) is 3.01. The van der Waals surface area contributed by atoms with Gasteiger partial charge in [-0.2, -0.15) is 9.97 Å². The molecular formula is C16H19N7O. The number of anilines is 2. The van der Waals surface area contributed by atoms with Crippen molar-refractivity contribution in [2.45, 2.75) is 20.0 Å². The van der Waals surface area contributed by atoms with Gasteiger partial charge in [-0.1, -0.05) is 24.3 Å². The van der Waals surface area contributed by atoms with Gasteiger partial charge < -0.3 is 16.0 Å². The van der Waals surface area contributed by atoms with Crippen molar-refractivity contribution in [1.29, 1.82) is 0 Å². The summed E-state index contributed by atoms with van der Waals surface area (Å²) < 4.78 is 1.55. The quantitative estimate of drug-likeness (QED) is 0.592. The number of H-pyrrole nitrogens is 1. The monoisotopic (exact) mass is 325 g/mol. The van der Waals surface area contributed by atoms with E-state index in [-0.39, 0.29) is 11.5 Å². The van der Waals surface area contributed by atoms with Crippen LogP contribution in [0.1, 0.15) is 18.1 Å². The minimum atomic E-state index is -0.267. The topological polar surface area (TPSA) is 114 Å². The number of benzene rings is 1. The Morgan fingerprint density at radius 1 is 1.29 bits per heavy atom. The molecule has 0 unspecified atom stereocenters. The number of hydrogen-bond donors (Lipinski definition) is 3. The Morgan fingerprint density at radius 3 is 2.67 bits per heavy atom. The van der Waals surface area contributed by atoms with E-state index < -0.39 is 0 Å². The lowest BCUT2D eigenvalue weighted by Gasteiger charge is -2.07. The van der Waals surface area contributed by atoms with Crippen LogP contribution in [0.2, 0.25) is 0 Å². The normalized spacial score (nSPS) is 10.9. The number of nitrogens with one attached hydrogen (secondary N) is 2. The van der Waals surface area contributed by atoms with E-state index in [4.69, 9.17) is 5.73 Å². The lowest BCUT2D eigenvalue weighted by Crippen LogP contribution is -2.18. The Bertz CT molecular complexity index is 924. The van der Waals surface area contributed by atoms with Gasteiger partial charge in [0.25, 0.3) is 0 Å². The molecule has 0 bridgehead atoms. The largest absolute Gasteiger partial charge is 0.382 e. The van der Waals surface area contributed by atoms with Crippen molar-refractivity contribution in [2.75, 3.05) is 17.6 Å². The van der Waals surface area contributed by atoms with Crippen molar-refractivity contribution >= 4 is 29.6 Å². The molecule has 24 heavy (non-hydrogen) atoms. The fourth-order valence-corrected chi connectivity index (χ4v) is 2.50. The Labute approximate surface area is 138 Å². The highest BCUT2D eigenvalue weighted by Crippen LogP contribution is 2.17. The van der Waals surface area contributed by atoms with Crippen LogP contribution in [-0.2, 0) is 13.1 Å². The summed E-state index contributed by atoms with van der Waals surface area (Å²) in [6, 6.07) is 7.86. The average molecular weight is 325 g/mol. The number of aromatic amines is 1. The van der Waals surface area contributed by atoms with Gasteiger partial charge in [0.15, 0.2) is 11.5 Å². The summed E-state index contributed by atoms with van der Waals surface area (Å²) in [6.45, 7) is 7.05. The van der Waals surface area contributed by atoms with E-state index >= 15 is 0 Å². The van der Waals surface area contributed by atoms with Crippen molar-refractivity contribution in [3.05, 3.63) is 45.9 Å². The first kappa shape index (κ1) is 15.7. The molecule has 0 saturated carbocycles. The van der Waals surface area contributed by atoms with Gasteiger partial charge in [-0.3, -0.25) is 9.56 Å². The second-order valence-corrected chi connectivity index (χ2v) is 5.38. The maximum Gasteiger partial charge on any atom is 0.328 e. The van der Waals surface area contributed by atoms with Crippen LogP contribution in [0.3, 0.4) is 0 Å². The van der Waals surface area contributed by atoms with Crippen LogP contribution in [0.5, 0.6) is 0 Å². The van der Waals surface area contributed by atoms with Crippen molar-refractivity contribution in [1.82, 2.24) is 19.5 Å². The van der Waals surface area contributed by atoms with E-state index in [0.717, 1.165) is 11.1 Å². The van der Waals surface area contributed by atoms with Gasteiger partial charge in [0.1, 0.15) is 5.52 Å². The molecule has 0 spiro atoms. The molecule has 0 aliphatic heterocycles. The van der Waals surface area contributed by atoms with Gasteiger partial charge in [-0.25, -0.2) is 4.79 Å². The van der Waals surface area contributed by atoms with Gasteiger partial charge in [0.2, 0.25) is 5.95 Å². The predicted molar refractivity (Wildman–Crippen MR) is 95.5 cm³/mol. The van der Waals surface area contributed by atoms with Crippen LogP contribution < -0.4 is 16.7 Å². The Morgan fingerprint density at radius 2 is 2.00 bits per heavy atom. The summed E-state index contributed by atoms with van der Waals surface area (Å²) in [7, 11) is 0. The van der Waals surface area contributed by atoms with E-state index in [9.17, 15) is 4.79 Å². The van der Waals surface area contributed by atoms with Crippen molar-refractivity contribution < 1.29 is 0 Å². The molecule has 124 valence electrons. The highest BCUT2D eigenvalue weighted by atomic mass is 16.1. The number of fused-ring (bicyclic) bond motifs is 1. The average Bonchev–Trinajstić information content (AvgIpc) is 2.87. The molecule has 4 N–H and O–H groups in total. The van der Waals surface area contributed by atoms with Gasteiger partial charge in [0.05, 0.1) is 13.1 Å². The van der Waals surface area contributed by atoms with Crippen LogP contribution in [0.4, 0.5) is 11.8 Å². The van der Waals surface area contributed by atoms with E-state index in [2.05, 4.69) is 32.0 Å². The maximum absolute atomic E-state index is 12.3. The van der Waals surface area contributed by atoms with Gasteiger partial charge in [0, 0.05) is 6.54 Å². The number of hydrogen-bond acceptors (Lipinski definition) is 6. The van der Waals surface area contributed by atoms with Crippen LogP contribution in [-0.4, -0.2) is 32.8 Å². The van der Waals surface area contributed by atoms with Gasteiger partial charge >= 0.3 is 5.69 Å². The second-order valence-electron chi connectivity index (χ2n) is 5.38. The Balaban J connectivity index is 2.00. The molecule has 0 fully saturated rings. The molecule has 0 aliphatic rings. The van der Waals surface area contributed by atoms with Gasteiger partial charge in [-0.05, 0) is 24.8 Å². The zero-order valence-corrected chi connectivity index (χ0v) is 13.4. The maximum atomic E-state index is 12.3. The fraction of sp³-hybridized carbons (Fsp3) is 0.250. The molecule has 0 aliphatic carbocycles. The van der Waals surface area contributed by atoms with Crippen LogP contribution in [0, 0.1) is 0 Å². The van der Waals surface area contributed by atoms with Crippen molar-refractivity contribution in [3.63, 3.8) is 0 Å². The number of aromatic nitrogens is 4. The molecule has 3 rings (SSSR count). The molecule has 1 aromatic carbocycles. The van der Waals surface area contributed by atoms with Crippen LogP contribution in [0.25, 0.3) is 11.2 Å². The minimum Gasteiger partial charge on any atom is -0.382 e. The molecule has 0 amide bonds. The molecule has 2 aromatic heterocycles. The zero-order valence-electron chi connectivity index (χ0n) is 13.4. The summed E-state index contributed by atoms with van der Waals surface area (Å²) in [4.78, 5) is 27.4. The first-order valence-corrected chi connectivity index (χ1v) is 7.62. The smallest absolute Gasteiger partial charge is 0.328 e. The molecule has 0 radical (unpaired) electrons. The fourth-order valence-electron chi connectivity index (χ4n) is 2.50. The van der Waals surface area contributed by atoms with E-state index in [0.29, 0.717) is 36.7 Å². The van der Waals surface area contributed by atoms with Crippen LogP contribution in [0.15, 0.2) is 34.1 Å². The molecular weight excluding hydrogens is 306 g/mol. The molecule has 2 heterocycles. The third kappa shape index (κ3) is 2.98. The number of imidazole rings is 1. The highest BCUT2D eigenvalue weighted by Gasteiger charge is 2.14. The second kappa shape index (κ2) is 6.53. The molecule has 0 atom stereocenters. The first-order chi connectivity index (χ1) is 11.6. The summed E-state index contributed by atoms with van der Waals surface area (Å²) in [5.74, 6) is 0.655.